The summed E-state index contributed by atoms with van der Waals surface area (Å²) in [5, 5.41) is 3.83. The van der Waals surface area contributed by atoms with E-state index in [9.17, 15) is 18.0 Å². The van der Waals surface area contributed by atoms with Crippen LogP contribution in [-0.2, 0) is 19.4 Å². The number of ether oxygens (including phenoxy) is 1. The molecule has 29 heavy (non-hydrogen) atoms. The van der Waals surface area contributed by atoms with Crippen molar-refractivity contribution < 1.29 is 22.7 Å². The second-order valence-corrected chi connectivity index (χ2v) is 8.45. The average Bonchev–Trinajstić information content (AvgIpc) is 2.74. The number of carbonyl (C=O) groups excluding carboxylic acids is 2. The standard InChI is InChI=1S/C20H25N3O5S/c1-3-4-12-22-19(24)20(25)23-14-18(15-6-5-11-21-13-15)29(26,27)17-9-7-16(28-2)8-10-17/h5-11,13,18H,3-4,12,14H2,1-2H3,(H,22,24)(H,23,25)/t18-/m1/s1. The SMILES string of the molecule is CCCCNC(=O)C(=O)NC[C@H](c1cccnc1)S(=O)(=O)c1ccc(OC)cc1. The van der Waals surface area contributed by atoms with Crippen molar-refractivity contribution in [3.63, 3.8) is 0 Å². The van der Waals surface area contributed by atoms with Gasteiger partial charge in [-0.25, -0.2) is 8.42 Å². The lowest BCUT2D eigenvalue weighted by atomic mass is 10.2. The largest absolute Gasteiger partial charge is 0.497 e. The minimum Gasteiger partial charge on any atom is -0.497 e. The first-order chi connectivity index (χ1) is 13.9. The number of unbranched alkanes of at least 4 members (excludes halogenated alkanes) is 1. The van der Waals surface area contributed by atoms with E-state index in [4.69, 9.17) is 4.74 Å². The van der Waals surface area contributed by atoms with Crippen LogP contribution in [0, 0.1) is 0 Å². The Morgan fingerprint density at radius 2 is 1.79 bits per heavy atom. The molecule has 2 amide bonds. The Kier molecular flexibility index (Phi) is 8.14. The number of sulfone groups is 1. The fraction of sp³-hybridized carbons (Fsp3) is 0.350. The van der Waals surface area contributed by atoms with E-state index in [-0.39, 0.29) is 11.4 Å². The molecule has 156 valence electrons. The lowest BCUT2D eigenvalue weighted by Gasteiger charge is -2.19. The zero-order chi connectivity index (χ0) is 21.3. The lowest BCUT2D eigenvalue weighted by molar-refractivity contribution is -0.139. The molecular weight excluding hydrogens is 394 g/mol. The fourth-order valence-electron chi connectivity index (χ4n) is 2.63. The summed E-state index contributed by atoms with van der Waals surface area (Å²) in [4.78, 5) is 28.0. The molecule has 0 radical (unpaired) electrons. The molecule has 2 N–H and O–H groups in total. The van der Waals surface area contributed by atoms with E-state index in [1.165, 1.54) is 31.6 Å². The van der Waals surface area contributed by atoms with Crippen LogP contribution in [0.15, 0.2) is 53.7 Å². The molecule has 0 bridgehead atoms. The number of nitrogens with zero attached hydrogens (tertiary/aromatic N) is 1. The zero-order valence-corrected chi connectivity index (χ0v) is 17.2. The van der Waals surface area contributed by atoms with Crippen molar-refractivity contribution in [3.8, 4) is 5.75 Å². The maximum atomic E-state index is 13.2. The Labute approximate surface area is 170 Å². The first-order valence-electron chi connectivity index (χ1n) is 9.24. The number of aromatic nitrogens is 1. The van der Waals surface area contributed by atoms with Crippen LogP contribution in [0.1, 0.15) is 30.6 Å². The van der Waals surface area contributed by atoms with Crippen LogP contribution in [0.3, 0.4) is 0 Å². The molecule has 0 aliphatic carbocycles. The predicted molar refractivity (Wildman–Crippen MR) is 108 cm³/mol. The summed E-state index contributed by atoms with van der Waals surface area (Å²) < 4.78 is 31.5. The Balaban J connectivity index is 2.21. The monoisotopic (exact) mass is 419 g/mol. The highest BCUT2D eigenvalue weighted by molar-refractivity contribution is 7.91. The van der Waals surface area contributed by atoms with Gasteiger partial charge in [0.2, 0.25) is 0 Å². The van der Waals surface area contributed by atoms with Crippen molar-refractivity contribution in [1.82, 2.24) is 15.6 Å². The van der Waals surface area contributed by atoms with Gasteiger partial charge >= 0.3 is 11.8 Å². The highest BCUT2D eigenvalue weighted by atomic mass is 32.2. The second kappa shape index (κ2) is 10.6. The van der Waals surface area contributed by atoms with Gasteiger partial charge in [-0.15, -0.1) is 0 Å². The summed E-state index contributed by atoms with van der Waals surface area (Å²) in [5.74, 6) is -1.14. The molecule has 1 heterocycles. The van der Waals surface area contributed by atoms with Crippen molar-refractivity contribution in [2.45, 2.75) is 29.9 Å². The number of pyridine rings is 1. The maximum Gasteiger partial charge on any atom is 0.309 e. The molecule has 1 atom stereocenters. The third-order valence-electron chi connectivity index (χ3n) is 4.29. The molecule has 9 heteroatoms. The van der Waals surface area contributed by atoms with E-state index in [2.05, 4.69) is 15.6 Å². The normalized spacial score (nSPS) is 12.1. The Morgan fingerprint density at radius 1 is 1.10 bits per heavy atom. The molecule has 0 saturated carbocycles. The quantitative estimate of drug-likeness (QED) is 0.472. The predicted octanol–water partition coefficient (Wildman–Crippen LogP) is 1.64. The molecule has 1 aromatic heterocycles. The number of rotatable bonds is 9. The molecule has 8 nitrogen and oxygen atoms in total. The van der Waals surface area contributed by atoms with Gasteiger partial charge in [0.15, 0.2) is 9.84 Å². The Bertz CT molecular complexity index is 915. The fourth-order valence-corrected chi connectivity index (χ4v) is 4.27. The van der Waals surface area contributed by atoms with Gasteiger partial charge < -0.3 is 15.4 Å². The number of hydrogen-bond donors (Lipinski definition) is 2. The number of amides is 2. The first-order valence-corrected chi connectivity index (χ1v) is 10.8. The molecule has 0 aliphatic rings. The molecule has 0 fully saturated rings. The van der Waals surface area contributed by atoms with Gasteiger partial charge in [0.1, 0.15) is 11.0 Å². The molecule has 2 rings (SSSR count). The summed E-state index contributed by atoms with van der Waals surface area (Å²) in [6.07, 6.45) is 4.59. The van der Waals surface area contributed by atoms with Gasteiger partial charge in [0.05, 0.1) is 12.0 Å². The molecule has 1 aromatic carbocycles. The van der Waals surface area contributed by atoms with Crippen LogP contribution in [0.5, 0.6) is 5.75 Å². The minimum absolute atomic E-state index is 0.0776. The van der Waals surface area contributed by atoms with Crippen LogP contribution >= 0.6 is 0 Å². The minimum atomic E-state index is -3.86. The molecule has 2 aromatic rings. The summed E-state index contributed by atoms with van der Waals surface area (Å²) in [5.41, 5.74) is 0.412. The zero-order valence-electron chi connectivity index (χ0n) is 16.4. The van der Waals surface area contributed by atoms with E-state index in [0.29, 0.717) is 17.9 Å². The van der Waals surface area contributed by atoms with E-state index in [1.54, 1.807) is 24.3 Å². The number of nitrogens with one attached hydrogen (secondary N) is 2. The number of carbonyl (C=O) groups is 2. The van der Waals surface area contributed by atoms with Crippen LogP contribution in [-0.4, -0.2) is 45.4 Å². The van der Waals surface area contributed by atoms with Crippen molar-refractivity contribution in [2.24, 2.45) is 0 Å². The van der Waals surface area contributed by atoms with Crippen molar-refractivity contribution in [2.75, 3.05) is 20.2 Å². The highest BCUT2D eigenvalue weighted by Crippen LogP contribution is 2.29. The topological polar surface area (TPSA) is 114 Å². The van der Waals surface area contributed by atoms with Gasteiger partial charge in [-0.05, 0) is 42.3 Å². The van der Waals surface area contributed by atoms with Crippen LogP contribution in [0.4, 0.5) is 0 Å². The maximum absolute atomic E-state index is 13.2. The van der Waals surface area contributed by atoms with Gasteiger partial charge in [-0.2, -0.15) is 0 Å². The van der Waals surface area contributed by atoms with Gasteiger partial charge in [-0.3, -0.25) is 14.6 Å². The van der Waals surface area contributed by atoms with E-state index < -0.39 is 26.9 Å². The summed E-state index contributed by atoms with van der Waals surface area (Å²) >= 11 is 0. The third kappa shape index (κ3) is 6.02. The summed E-state index contributed by atoms with van der Waals surface area (Å²) in [6.45, 7) is 2.09. The summed E-state index contributed by atoms with van der Waals surface area (Å²) in [6, 6.07) is 9.21. The smallest absolute Gasteiger partial charge is 0.309 e. The summed E-state index contributed by atoms with van der Waals surface area (Å²) in [7, 11) is -2.37. The van der Waals surface area contributed by atoms with E-state index >= 15 is 0 Å². The van der Waals surface area contributed by atoms with Crippen molar-refractivity contribution >= 4 is 21.7 Å². The number of hydrogen-bond acceptors (Lipinski definition) is 6. The highest BCUT2D eigenvalue weighted by Gasteiger charge is 2.30. The average molecular weight is 420 g/mol. The number of methoxy groups -OCH3 is 1. The lowest BCUT2D eigenvalue weighted by Crippen LogP contribution is -2.42. The van der Waals surface area contributed by atoms with Crippen molar-refractivity contribution in [3.05, 3.63) is 54.4 Å². The molecule has 0 spiro atoms. The van der Waals surface area contributed by atoms with Crippen LogP contribution < -0.4 is 15.4 Å². The molecule has 0 aliphatic heterocycles. The first kappa shape index (κ1) is 22.4. The third-order valence-corrected chi connectivity index (χ3v) is 6.41. The van der Waals surface area contributed by atoms with Gasteiger partial charge in [-0.1, -0.05) is 19.4 Å². The second-order valence-electron chi connectivity index (χ2n) is 6.32. The Morgan fingerprint density at radius 3 is 2.38 bits per heavy atom. The van der Waals surface area contributed by atoms with Gasteiger partial charge in [0.25, 0.3) is 0 Å². The molecule has 0 unspecified atom stereocenters. The van der Waals surface area contributed by atoms with E-state index in [1.807, 2.05) is 6.92 Å². The van der Waals surface area contributed by atoms with Gasteiger partial charge in [0, 0.05) is 25.5 Å². The molecular formula is C20H25N3O5S. The molecule has 0 saturated heterocycles. The Hall–Kier alpha value is -2.94. The van der Waals surface area contributed by atoms with Crippen molar-refractivity contribution in [1.29, 1.82) is 0 Å². The number of benzene rings is 1. The van der Waals surface area contributed by atoms with E-state index in [0.717, 1.165) is 12.8 Å². The van der Waals surface area contributed by atoms with Crippen LogP contribution in [0.25, 0.3) is 0 Å². The van der Waals surface area contributed by atoms with Crippen LogP contribution in [0.2, 0.25) is 0 Å².